The van der Waals surface area contributed by atoms with Gasteiger partial charge < -0.3 is 5.11 Å². The molecule has 1 fully saturated rings. The molecule has 0 aromatic rings. The number of hydrogen-bond acceptors (Lipinski definition) is 1. The van der Waals surface area contributed by atoms with Crippen LogP contribution in [0.2, 0.25) is 0 Å². The van der Waals surface area contributed by atoms with E-state index in [1.54, 1.807) is 0 Å². The van der Waals surface area contributed by atoms with Gasteiger partial charge in [-0.05, 0) is 37.5 Å². The van der Waals surface area contributed by atoms with Crippen LogP contribution in [0.1, 0.15) is 40.5 Å². The summed E-state index contributed by atoms with van der Waals surface area (Å²) in [7, 11) is 0. The van der Waals surface area contributed by atoms with Gasteiger partial charge in [-0.1, -0.05) is 20.8 Å². The maximum Gasteiger partial charge on any atom is 0.0675 e. The van der Waals surface area contributed by atoms with Gasteiger partial charge in [0.2, 0.25) is 0 Å². The third-order valence-corrected chi connectivity index (χ3v) is 3.33. The fraction of sp³-hybridized carbons (Fsp3) is 1.00. The van der Waals surface area contributed by atoms with Crippen molar-refractivity contribution in [3.8, 4) is 0 Å². The maximum absolute atomic E-state index is 10.1. The van der Waals surface area contributed by atoms with Gasteiger partial charge in [-0.25, -0.2) is 0 Å². The monoisotopic (exact) mass is 156 g/mol. The van der Waals surface area contributed by atoms with Gasteiger partial charge in [-0.2, -0.15) is 0 Å². The molecule has 1 aliphatic rings. The molecule has 1 N–H and O–H groups in total. The molecule has 0 amide bonds. The van der Waals surface area contributed by atoms with Gasteiger partial charge >= 0.3 is 0 Å². The first-order chi connectivity index (χ1) is 4.96. The predicted octanol–water partition coefficient (Wildman–Crippen LogP) is 2.44. The highest BCUT2D eigenvalue weighted by Gasteiger charge is 2.44. The Morgan fingerprint density at radius 2 is 1.73 bits per heavy atom. The zero-order valence-electron chi connectivity index (χ0n) is 8.09. The molecule has 1 saturated carbocycles. The van der Waals surface area contributed by atoms with Gasteiger partial charge in [-0.3, -0.25) is 0 Å². The van der Waals surface area contributed by atoms with Crippen molar-refractivity contribution >= 4 is 0 Å². The number of aliphatic hydroxyl groups is 1. The Morgan fingerprint density at radius 3 is 2.00 bits per heavy atom. The molecular formula is C10H20O. The summed E-state index contributed by atoms with van der Waals surface area (Å²) in [6.07, 6.45) is 2.45. The van der Waals surface area contributed by atoms with Gasteiger partial charge in [0.05, 0.1) is 5.60 Å². The van der Waals surface area contributed by atoms with Gasteiger partial charge in [0, 0.05) is 0 Å². The summed E-state index contributed by atoms with van der Waals surface area (Å²) >= 11 is 0. The molecule has 2 unspecified atom stereocenters. The van der Waals surface area contributed by atoms with E-state index < -0.39 is 5.60 Å². The van der Waals surface area contributed by atoms with Gasteiger partial charge in [0.25, 0.3) is 0 Å². The van der Waals surface area contributed by atoms with Gasteiger partial charge in [0.1, 0.15) is 0 Å². The van der Waals surface area contributed by atoms with Crippen molar-refractivity contribution in [2.45, 2.75) is 46.1 Å². The first-order valence-electron chi connectivity index (χ1n) is 4.68. The molecular weight excluding hydrogens is 136 g/mol. The summed E-state index contributed by atoms with van der Waals surface area (Å²) in [4.78, 5) is 0. The minimum Gasteiger partial charge on any atom is -0.390 e. The Labute approximate surface area is 69.8 Å². The summed E-state index contributed by atoms with van der Waals surface area (Å²) in [5.41, 5.74) is -0.409. The molecule has 11 heavy (non-hydrogen) atoms. The van der Waals surface area contributed by atoms with Crippen LogP contribution in [-0.4, -0.2) is 10.7 Å². The Hall–Kier alpha value is -0.0400. The van der Waals surface area contributed by atoms with E-state index in [2.05, 4.69) is 20.8 Å². The molecule has 2 atom stereocenters. The normalized spacial score (nSPS) is 26.7. The van der Waals surface area contributed by atoms with Crippen LogP contribution in [0.15, 0.2) is 0 Å². The van der Waals surface area contributed by atoms with E-state index in [9.17, 15) is 5.11 Å². The van der Waals surface area contributed by atoms with Gasteiger partial charge in [-0.15, -0.1) is 0 Å². The molecule has 0 bridgehead atoms. The lowest BCUT2D eigenvalue weighted by atomic mass is 9.79. The van der Waals surface area contributed by atoms with Gasteiger partial charge in [0.15, 0.2) is 0 Å². The van der Waals surface area contributed by atoms with E-state index in [1.165, 1.54) is 12.8 Å². The van der Waals surface area contributed by atoms with Crippen molar-refractivity contribution in [3.05, 3.63) is 0 Å². The second-order valence-corrected chi connectivity index (χ2v) is 4.53. The summed E-state index contributed by atoms with van der Waals surface area (Å²) in [6.45, 7) is 8.52. The van der Waals surface area contributed by atoms with E-state index in [0.29, 0.717) is 17.8 Å². The zero-order valence-corrected chi connectivity index (χ0v) is 8.09. The van der Waals surface area contributed by atoms with Crippen LogP contribution in [0.25, 0.3) is 0 Å². The molecule has 0 aromatic heterocycles. The van der Waals surface area contributed by atoms with Crippen molar-refractivity contribution in [2.24, 2.45) is 17.8 Å². The van der Waals surface area contributed by atoms with Crippen LogP contribution >= 0.6 is 0 Å². The van der Waals surface area contributed by atoms with Crippen LogP contribution in [-0.2, 0) is 0 Å². The van der Waals surface area contributed by atoms with E-state index in [1.807, 2.05) is 6.92 Å². The van der Waals surface area contributed by atoms with E-state index in [4.69, 9.17) is 0 Å². The largest absolute Gasteiger partial charge is 0.390 e. The predicted molar refractivity (Wildman–Crippen MR) is 47.3 cm³/mol. The van der Waals surface area contributed by atoms with Crippen LogP contribution in [0, 0.1) is 17.8 Å². The minimum absolute atomic E-state index is 0.409. The second-order valence-electron chi connectivity index (χ2n) is 4.53. The zero-order chi connectivity index (χ0) is 8.65. The minimum atomic E-state index is -0.409. The highest BCUT2D eigenvalue weighted by molar-refractivity contribution is 4.95. The van der Waals surface area contributed by atoms with Crippen molar-refractivity contribution in [2.75, 3.05) is 0 Å². The Morgan fingerprint density at radius 1 is 1.27 bits per heavy atom. The van der Waals surface area contributed by atoms with Crippen LogP contribution in [0.4, 0.5) is 0 Å². The molecule has 0 radical (unpaired) electrons. The molecule has 1 aliphatic carbocycles. The van der Waals surface area contributed by atoms with Crippen LogP contribution < -0.4 is 0 Å². The number of hydrogen-bond donors (Lipinski definition) is 1. The molecule has 0 heterocycles. The molecule has 1 nitrogen and oxygen atoms in total. The molecule has 1 rings (SSSR count). The third kappa shape index (κ3) is 1.76. The average molecular weight is 156 g/mol. The highest BCUT2D eigenvalue weighted by atomic mass is 16.3. The summed E-state index contributed by atoms with van der Waals surface area (Å²) in [6, 6.07) is 0. The Bertz CT molecular complexity index is 134. The van der Waals surface area contributed by atoms with E-state index >= 15 is 0 Å². The van der Waals surface area contributed by atoms with Crippen molar-refractivity contribution in [1.82, 2.24) is 0 Å². The molecule has 0 saturated heterocycles. The lowest BCUT2D eigenvalue weighted by molar-refractivity contribution is -0.0321. The molecule has 0 spiro atoms. The maximum atomic E-state index is 10.1. The third-order valence-electron chi connectivity index (χ3n) is 3.33. The summed E-state index contributed by atoms with van der Waals surface area (Å²) in [5.74, 6) is 1.60. The average Bonchev–Trinajstić information content (AvgIpc) is 2.66. The van der Waals surface area contributed by atoms with Crippen molar-refractivity contribution in [1.29, 1.82) is 0 Å². The molecule has 1 heteroatoms. The molecule has 0 aliphatic heterocycles. The lowest BCUT2D eigenvalue weighted by Crippen LogP contribution is -2.37. The number of rotatable bonds is 3. The topological polar surface area (TPSA) is 20.2 Å². The summed E-state index contributed by atoms with van der Waals surface area (Å²) < 4.78 is 0. The van der Waals surface area contributed by atoms with E-state index in [-0.39, 0.29) is 0 Å². The lowest BCUT2D eigenvalue weighted by Gasteiger charge is -2.33. The SMILES string of the molecule is CC(C)C(C)C(C)(O)C1CC1. The van der Waals surface area contributed by atoms with Crippen molar-refractivity contribution < 1.29 is 5.11 Å². The highest BCUT2D eigenvalue weighted by Crippen LogP contribution is 2.45. The Kier molecular flexibility index (Phi) is 2.29. The quantitative estimate of drug-likeness (QED) is 0.665. The second kappa shape index (κ2) is 2.78. The fourth-order valence-electron chi connectivity index (χ4n) is 1.71. The van der Waals surface area contributed by atoms with E-state index in [0.717, 1.165) is 0 Å². The fourth-order valence-corrected chi connectivity index (χ4v) is 1.71. The summed E-state index contributed by atoms with van der Waals surface area (Å²) in [5, 5.41) is 10.1. The van der Waals surface area contributed by atoms with Crippen LogP contribution in [0.3, 0.4) is 0 Å². The first-order valence-corrected chi connectivity index (χ1v) is 4.68. The Balaban J connectivity index is 2.54. The standard InChI is InChI=1S/C10H20O/c1-7(2)8(3)10(4,11)9-5-6-9/h7-9,11H,5-6H2,1-4H3. The van der Waals surface area contributed by atoms with Crippen molar-refractivity contribution in [3.63, 3.8) is 0 Å². The molecule has 66 valence electrons. The smallest absolute Gasteiger partial charge is 0.0675 e. The first kappa shape index (κ1) is 9.05. The molecule has 0 aromatic carbocycles. The van der Waals surface area contributed by atoms with Crippen LogP contribution in [0.5, 0.6) is 0 Å².